The summed E-state index contributed by atoms with van der Waals surface area (Å²) >= 11 is 0. The molecule has 3 unspecified atom stereocenters. The van der Waals surface area contributed by atoms with Crippen molar-refractivity contribution in [1.82, 2.24) is 0 Å². The molecule has 0 nitrogen and oxygen atoms in total. The highest BCUT2D eigenvalue weighted by molar-refractivity contribution is 5.18. The topological polar surface area (TPSA) is 0 Å². The second-order valence-electron chi connectivity index (χ2n) is 6.17. The molecule has 4 saturated carbocycles. The van der Waals surface area contributed by atoms with Crippen molar-refractivity contribution in [2.24, 2.45) is 29.1 Å². The minimum atomic E-state index is 0.668. The van der Waals surface area contributed by atoms with Crippen LogP contribution in [0.15, 0.2) is 0 Å². The van der Waals surface area contributed by atoms with E-state index in [4.69, 9.17) is 0 Å². The highest BCUT2D eigenvalue weighted by atomic mass is 14.7. The molecule has 1 spiro atoms. The van der Waals surface area contributed by atoms with Gasteiger partial charge < -0.3 is 0 Å². The molecule has 4 aliphatic carbocycles. The summed E-state index contributed by atoms with van der Waals surface area (Å²) in [5.41, 5.74) is 0.668. The van der Waals surface area contributed by atoms with Gasteiger partial charge in [-0.05, 0) is 86.9 Å². The molecule has 4 fully saturated rings. The minimum Gasteiger partial charge on any atom is -0.0496 e. The van der Waals surface area contributed by atoms with Crippen LogP contribution in [0.5, 0.6) is 0 Å². The normalized spacial score (nSPS) is 60.0. The van der Waals surface area contributed by atoms with Gasteiger partial charge in [-0.15, -0.1) is 0 Å². The molecule has 0 amide bonds. The predicted molar refractivity (Wildman–Crippen MR) is 56.6 cm³/mol. The highest BCUT2D eigenvalue weighted by Crippen LogP contribution is 2.69. The fourth-order valence-electron chi connectivity index (χ4n) is 5.47. The van der Waals surface area contributed by atoms with Gasteiger partial charge >= 0.3 is 0 Å². The minimum absolute atomic E-state index is 0.668. The zero-order valence-electron chi connectivity index (χ0n) is 8.97. The Morgan fingerprint density at radius 1 is 0.643 bits per heavy atom. The Morgan fingerprint density at radius 2 is 1.07 bits per heavy atom. The lowest BCUT2D eigenvalue weighted by Gasteiger charge is -2.51. The van der Waals surface area contributed by atoms with Gasteiger partial charge in [0, 0.05) is 0 Å². The fourth-order valence-corrected chi connectivity index (χ4v) is 5.47. The molecule has 0 N–H and O–H groups in total. The lowest BCUT2D eigenvalue weighted by atomic mass is 9.53. The monoisotopic (exact) mass is 188 g/mol. The maximum atomic E-state index is 4.09. The van der Waals surface area contributed by atoms with E-state index in [0.29, 0.717) is 5.41 Å². The third-order valence-corrected chi connectivity index (χ3v) is 5.94. The number of fused-ring (bicyclic) bond motifs is 1. The second kappa shape index (κ2) is 2.57. The molecule has 2 radical (unpaired) electrons. The number of hydrogen-bond acceptors (Lipinski definition) is 0. The zero-order chi connectivity index (χ0) is 9.17. The second-order valence-corrected chi connectivity index (χ2v) is 6.17. The van der Waals surface area contributed by atoms with Crippen molar-refractivity contribution in [2.75, 3.05) is 0 Å². The average Bonchev–Trinajstić information content (AvgIpc) is 2.68. The Bertz CT molecular complexity index is 235. The van der Waals surface area contributed by atoms with Crippen LogP contribution < -0.4 is 0 Å². The van der Waals surface area contributed by atoms with Crippen LogP contribution in [0, 0.1) is 35.5 Å². The summed E-state index contributed by atoms with van der Waals surface area (Å²) in [4.78, 5) is 0. The summed E-state index contributed by atoms with van der Waals surface area (Å²) in [5, 5.41) is 0. The third-order valence-electron chi connectivity index (χ3n) is 5.94. The number of rotatable bonds is 0. The number of hydrogen-bond donors (Lipinski definition) is 0. The molecule has 5 atom stereocenters. The Kier molecular flexibility index (Phi) is 1.50. The Labute approximate surface area is 87.5 Å². The van der Waals surface area contributed by atoms with Crippen LogP contribution in [-0.2, 0) is 0 Å². The van der Waals surface area contributed by atoms with Gasteiger partial charge in [-0.3, -0.25) is 0 Å². The Hall–Kier alpha value is 0. The molecule has 76 valence electrons. The molecular weight excluding hydrogens is 168 g/mol. The smallest absolute Gasteiger partial charge is 0.00636 e. The van der Waals surface area contributed by atoms with Crippen molar-refractivity contribution in [3.05, 3.63) is 6.42 Å². The summed E-state index contributed by atoms with van der Waals surface area (Å²) in [5.74, 6) is 4.11. The van der Waals surface area contributed by atoms with Crippen LogP contribution in [0.2, 0.25) is 0 Å². The van der Waals surface area contributed by atoms with Gasteiger partial charge in [-0.25, -0.2) is 0 Å². The largest absolute Gasteiger partial charge is 0.0496 e. The van der Waals surface area contributed by atoms with E-state index in [1.807, 2.05) is 0 Å². The van der Waals surface area contributed by atoms with E-state index in [9.17, 15) is 0 Å². The first-order chi connectivity index (χ1) is 6.89. The molecule has 0 aromatic carbocycles. The molecular formula is C14H20. The van der Waals surface area contributed by atoms with E-state index >= 15 is 0 Å². The first kappa shape index (κ1) is 8.19. The molecule has 0 saturated heterocycles. The molecule has 0 aromatic heterocycles. The maximum Gasteiger partial charge on any atom is -0.00636 e. The molecule has 4 aliphatic rings. The first-order valence-corrected chi connectivity index (χ1v) is 6.67. The van der Waals surface area contributed by atoms with Crippen molar-refractivity contribution in [1.29, 1.82) is 0 Å². The molecule has 0 heterocycles. The lowest BCUT2D eigenvalue weighted by molar-refractivity contribution is 0.0392. The zero-order valence-corrected chi connectivity index (χ0v) is 8.97. The van der Waals surface area contributed by atoms with Crippen LogP contribution in [0.3, 0.4) is 0 Å². The van der Waals surface area contributed by atoms with Crippen LogP contribution >= 0.6 is 0 Å². The van der Waals surface area contributed by atoms with Crippen LogP contribution in [0.1, 0.15) is 51.4 Å². The van der Waals surface area contributed by atoms with Crippen molar-refractivity contribution < 1.29 is 0 Å². The van der Waals surface area contributed by atoms with Crippen molar-refractivity contribution in [3.8, 4) is 0 Å². The summed E-state index contributed by atoms with van der Waals surface area (Å²) in [6.07, 6.45) is 16.3. The van der Waals surface area contributed by atoms with E-state index in [1.54, 1.807) is 38.5 Å². The van der Waals surface area contributed by atoms with E-state index in [1.165, 1.54) is 12.8 Å². The van der Waals surface area contributed by atoms with E-state index in [-0.39, 0.29) is 0 Å². The van der Waals surface area contributed by atoms with Gasteiger partial charge in [-0.1, -0.05) is 0 Å². The SMILES string of the molecule is [C]1C2CC[C@@H]3CCC4CC[C@H](CC2)C143. The molecule has 0 heteroatoms. The molecule has 0 aliphatic heterocycles. The molecule has 2 bridgehead atoms. The summed E-state index contributed by atoms with van der Waals surface area (Å²) in [6.45, 7) is 0. The summed E-state index contributed by atoms with van der Waals surface area (Å²) in [6, 6.07) is 0. The van der Waals surface area contributed by atoms with Gasteiger partial charge in [0.05, 0.1) is 0 Å². The molecule has 0 aromatic rings. The summed E-state index contributed by atoms with van der Waals surface area (Å²) < 4.78 is 0. The Morgan fingerprint density at radius 3 is 1.57 bits per heavy atom. The van der Waals surface area contributed by atoms with Crippen molar-refractivity contribution in [3.63, 3.8) is 0 Å². The van der Waals surface area contributed by atoms with Gasteiger partial charge in [0.25, 0.3) is 0 Å². The predicted octanol–water partition coefficient (Wildman–Crippen LogP) is 3.69. The van der Waals surface area contributed by atoms with E-state index in [2.05, 4.69) is 6.42 Å². The van der Waals surface area contributed by atoms with Crippen molar-refractivity contribution >= 4 is 0 Å². The van der Waals surface area contributed by atoms with E-state index in [0.717, 1.165) is 23.7 Å². The standard InChI is InChI=1S/C14H20/c1-3-11-5-7-13-8-6-12-4-2-10(1)9-14(11,12)13/h10-13H,1-8H2/t10?,11-,12+,13?,14?. The third kappa shape index (κ3) is 0.785. The first-order valence-electron chi connectivity index (χ1n) is 6.67. The van der Waals surface area contributed by atoms with Crippen LogP contribution in [-0.4, -0.2) is 0 Å². The Balaban J connectivity index is 1.80. The van der Waals surface area contributed by atoms with Gasteiger partial charge in [0.15, 0.2) is 0 Å². The quantitative estimate of drug-likeness (QED) is 0.544. The van der Waals surface area contributed by atoms with Gasteiger partial charge in [0.1, 0.15) is 0 Å². The van der Waals surface area contributed by atoms with Gasteiger partial charge in [-0.2, -0.15) is 0 Å². The average molecular weight is 188 g/mol. The van der Waals surface area contributed by atoms with Crippen molar-refractivity contribution in [2.45, 2.75) is 51.4 Å². The highest BCUT2D eigenvalue weighted by Gasteiger charge is 2.61. The molecule has 4 rings (SSSR count). The van der Waals surface area contributed by atoms with Crippen LogP contribution in [0.4, 0.5) is 0 Å². The summed E-state index contributed by atoms with van der Waals surface area (Å²) in [7, 11) is 0. The molecule has 14 heavy (non-hydrogen) atoms. The fraction of sp³-hybridized carbons (Fsp3) is 0.929. The lowest BCUT2D eigenvalue weighted by Crippen LogP contribution is -2.44. The van der Waals surface area contributed by atoms with E-state index < -0.39 is 0 Å². The van der Waals surface area contributed by atoms with Crippen LogP contribution in [0.25, 0.3) is 0 Å². The van der Waals surface area contributed by atoms with Gasteiger partial charge in [0.2, 0.25) is 0 Å². The maximum absolute atomic E-state index is 4.09.